The van der Waals surface area contributed by atoms with Gasteiger partial charge in [0, 0.05) is 24.8 Å². The first-order valence-corrected chi connectivity index (χ1v) is 6.84. The highest BCUT2D eigenvalue weighted by molar-refractivity contribution is 5.16. The highest BCUT2D eigenvalue weighted by Gasteiger charge is 2.35. The second-order valence-corrected chi connectivity index (χ2v) is 5.35. The number of fused-ring (bicyclic) bond motifs is 2. The van der Waals surface area contributed by atoms with Gasteiger partial charge in [-0.25, -0.2) is 0 Å². The van der Waals surface area contributed by atoms with Crippen LogP contribution in [0.5, 0.6) is 0 Å². The molecule has 3 rings (SSSR count). The van der Waals surface area contributed by atoms with Crippen molar-refractivity contribution >= 4 is 0 Å². The fraction of sp³-hybridized carbons (Fsp3) is 0.600. The molecule has 3 nitrogen and oxygen atoms in total. The van der Waals surface area contributed by atoms with E-state index in [0.717, 1.165) is 18.4 Å². The zero-order chi connectivity index (χ0) is 12.4. The molecule has 0 aromatic heterocycles. The van der Waals surface area contributed by atoms with E-state index >= 15 is 0 Å². The van der Waals surface area contributed by atoms with Crippen LogP contribution >= 0.6 is 0 Å². The Hall–Kier alpha value is -0.900. The van der Waals surface area contributed by atoms with Crippen LogP contribution in [0.15, 0.2) is 30.3 Å². The van der Waals surface area contributed by atoms with E-state index in [4.69, 9.17) is 9.47 Å². The van der Waals surface area contributed by atoms with E-state index < -0.39 is 0 Å². The fourth-order valence-corrected chi connectivity index (χ4v) is 3.17. The lowest BCUT2D eigenvalue weighted by Crippen LogP contribution is -2.41. The van der Waals surface area contributed by atoms with Crippen LogP contribution in [0.3, 0.4) is 0 Å². The molecule has 2 fully saturated rings. The quantitative estimate of drug-likeness (QED) is 0.830. The Bertz CT molecular complexity index is 369. The molecule has 1 aromatic carbocycles. The summed E-state index contributed by atoms with van der Waals surface area (Å²) in [5.41, 5.74) is 1.10. The largest absolute Gasteiger partial charge is 0.352 e. The SMILES string of the molecule is COC(OC1CC2CCC(C1)N2)c1ccccc1. The second kappa shape index (κ2) is 5.39. The van der Waals surface area contributed by atoms with Gasteiger partial charge in [0.15, 0.2) is 6.29 Å². The Morgan fingerprint density at radius 1 is 1.11 bits per heavy atom. The summed E-state index contributed by atoms with van der Waals surface area (Å²) in [6.07, 6.45) is 4.93. The number of piperidine rings is 1. The molecule has 1 aromatic rings. The first kappa shape index (κ1) is 12.2. The van der Waals surface area contributed by atoms with E-state index in [-0.39, 0.29) is 6.29 Å². The minimum atomic E-state index is -0.228. The zero-order valence-electron chi connectivity index (χ0n) is 10.8. The van der Waals surface area contributed by atoms with Crippen molar-refractivity contribution in [2.45, 2.75) is 50.2 Å². The highest BCUT2D eigenvalue weighted by atomic mass is 16.7. The summed E-state index contributed by atoms with van der Waals surface area (Å²) >= 11 is 0. The van der Waals surface area contributed by atoms with Crippen LogP contribution in [0.2, 0.25) is 0 Å². The molecule has 3 atom stereocenters. The molecule has 2 bridgehead atoms. The van der Waals surface area contributed by atoms with Crippen molar-refractivity contribution in [2.75, 3.05) is 7.11 Å². The van der Waals surface area contributed by atoms with Crippen molar-refractivity contribution in [2.24, 2.45) is 0 Å². The average molecular weight is 247 g/mol. The number of methoxy groups -OCH3 is 1. The van der Waals surface area contributed by atoms with Gasteiger partial charge in [-0.1, -0.05) is 30.3 Å². The number of benzene rings is 1. The van der Waals surface area contributed by atoms with E-state index in [9.17, 15) is 0 Å². The van der Waals surface area contributed by atoms with Crippen LogP contribution in [-0.2, 0) is 9.47 Å². The Morgan fingerprint density at radius 2 is 1.78 bits per heavy atom. The van der Waals surface area contributed by atoms with Gasteiger partial charge < -0.3 is 14.8 Å². The number of hydrogen-bond donors (Lipinski definition) is 1. The van der Waals surface area contributed by atoms with Crippen LogP contribution in [0.4, 0.5) is 0 Å². The lowest BCUT2D eigenvalue weighted by molar-refractivity contribution is -0.168. The summed E-state index contributed by atoms with van der Waals surface area (Å²) < 4.78 is 11.6. The minimum absolute atomic E-state index is 0.228. The van der Waals surface area contributed by atoms with Crippen molar-refractivity contribution < 1.29 is 9.47 Å². The van der Waals surface area contributed by atoms with Crippen LogP contribution in [0.25, 0.3) is 0 Å². The van der Waals surface area contributed by atoms with Gasteiger partial charge in [0.05, 0.1) is 6.10 Å². The topological polar surface area (TPSA) is 30.5 Å². The van der Waals surface area contributed by atoms with Crippen LogP contribution in [0, 0.1) is 0 Å². The molecule has 0 radical (unpaired) electrons. The Balaban J connectivity index is 1.64. The monoisotopic (exact) mass is 247 g/mol. The lowest BCUT2D eigenvalue weighted by atomic mass is 10.0. The molecule has 98 valence electrons. The van der Waals surface area contributed by atoms with E-state index in [1.165, 1.54) is 12.8 Å². The maximum absolute atomic E-state index is 6.15. The van der Waals surface area contributed by atoms with Gasteiger partial charge in [0.25, 0.3) is 0 Å². The summed E-state index contributed by atoms with van der Waals surface area (Å²) in [5.74, 6) is 0. The molecule has 3 unspecified atom stereocenters. The lowest BCUT2D eigenvalue weighted by Gasteiger charge is -2.31. The van der Waals surface area contributed by atoms with E-state index in [2.05, 4.69) is 17.4 Å². The van der Waals surface area contributed by atoms with Gasteiger partial charge in [0.2, 0.25) is 0 Å². The number of rotatable bonds is 4. The summed E-state index contributed by atoms with van der Waals surface area (Å²) in [4.78, 5) is 0. The van der Waals surface area contributed by atoms with Crippen LogP contribution in [0.1, 0.15) is 37.5 Å². The third kappa shape index (κ3) is 2.58. The normalized spacial score (nSPS) is 32.4. The van der Waals surface area contributed by atoms with E-state index in [1.807, 2.05) is 18.2 Å². The van der Waals surface area contributed by atoms with Crippen molar-refractivity contribution in [3.63, 3.8) is 0 Å². The summed E-state index contributed by atoms with van der Waals surface area (Å²) in [5, 5.41) is 3.63. The molecule has 0 spiro atoms. The molecule has 3 heteroatoms. The predicted octanol–water partition coefficient (Wildman–Crippen LogP) is 2.63. The van der Waals surface area contributed by atoms with Crippen molar-refractivity contribution in [3.05, 3.63) is 35.9 Å². The van der Waals surface area contributed by atoms with Gasteiger partial charge in [-0.3, -0.25) is 0 Å². The maximum atomic E-state index is 6.15. The molecule has 2 saturated heterocycles. The standard InChI is InChI=1S/C15H21NO2/c1-17-15(11-5-3-2-4-6-11)18-14-9-12-7-8-13(10-14)16-12/h2-6,12-16H,7-10H2,1H3. The third-order valence-electron chi connectivity index (χ3n) is 4.03. The van der Waals surface area contributed by atoms with Gasteiger partial charge in [-0.05, 0) is 25.7 Å². The first-order chi connectivity index (χ1) is 8.85. The minimum Gasteiger partial charge on any atom is -0.352 e. The van der Waals surface area contributed by atoms with Crippen molar-refractivity contribution in [1.82, 2.24) is 5.32 Å². The zero-order valence-corrected chi connectivity index (χ0v) is 10.8. The summed E-state index contributed by atoms with van der Waals surface area (Å²) in [6.45, 7) is 0. The maximum Gasteiger partial charge on any atom is 0.183 e. The van der Waals surface area contributed by atoms with Gasteiger partial charge >= 0.3 is 0 Å². The smallest absolute Gasteiger partial charge is 0.183 e. The summed E-state index contributed by atoms with van der Waals surface area (Å²) in [6, 6.07) is 11.5. The molecule has 0 saturated carbocycles. The first-order valence-electron chi connectivity index (χ1n) is 6.84. The van der Waals surface area contributed by atoms with E-state index in [0.29, 0.717) is 18.2 Å². The molecule has 0 amide bonds. The Morgan fingerprint density at radius 3 is 2.39 bits per heavy atom. The Kier molecular flexibility index (Phi) is 3.64. The van der Waals surface area contributed by atoms with Crippen molar-refractivity contribution in [3.8, 4) is 0 Å². The molecule has 0 aliphatic carbocycles. The molecule has 2 aliphatic rings. The molecular formula is C15H21NO2. The average Bonchev–Trinajstić information content (AvgIpc) is 2.76. The van der Waals surface area contributed by atoms with Crippen molar-refractivity contribution in [1.29, 1.82) is 0 Å². The van der Waals surface area contributed by atoms with Crippen LogP contribution < -0.4 is 5.32 Å². The highest BCUT2D eigenvalue weighted by Crippen LogP contribution is 2.31. The van der Waals surface area contributed by atoms with Gasteiger partial charge in [0.1, 0.15) is 0 Å². The predicted molar refractivity (Wildman–Crippen MR) is 70.2 cm³/mol. The second-order valence-electron chi connectivity index (χ2n) is 5.35. The van der Waals surface area contributed by atoms with Gasteiger partial charge in [-0.15, -0.1) is 0 Å². The fourth-order valence-electron chi connectivity index (χ4n) is 3.17. The summed E-state index contributed by atoms with van der Waals surface area (Å²) in [7, 11) is 1.72. The molecule has 2 heterocycles. The molecular weight excluding hydrogens is 226 g/mol. The molecule has 2 aliphatic heterocycles. The molecule has 18 heavy (non-hydrogen) atoms. The third-order valence-corrected chi connectivity index (χ3v) is 4.03. The number of hydrogen-bond acceptors (Lipinski definition) is 3. The van der Waals surface area contributed by atoms with E-state index in [1.54, 1.807) is 7.11 Å². The molecule has 1 N–H and O–H groups in total. The number of ether oxygens (including phenoxy) is 2. The Labute approximate surface area is 108 Å². The van der Waals surface area contributed by atoms with Gasteiger partial charge in [-0.2, -0.15) is 0 Å². The number of nitrogens with one attached hydrogen (secondary N) is 1. The van der Waals surface area contributed by atoms with Crippen LogP contribution in [-0.4, -0.2) is 25.3 Å².